The highest BCUT2D eigenvalue weighted by atomic mass is 16.5. The minimum absolute atomic E-state index is 0.00926. The number of hydrogen-bond acceptors (Lipinski definition) is 3. The average molecular weight is 179 g/mol. The predicted octanol–water partition coefficient (Wildman–Crippen LogP) is 0.0131. The van der Waals surface area contributed by atoms with Crippen LogP contribution in [0.5, 0.6) is 0 Å². The maximum Gasteiger partial charge on any atom is 0.249 e. The highest BCUT2D eigenvalue weighted by Gasteiger charge is 2.11. The van der Waals surface area contributed by atoms with Crippen LogP contribution in [0.1, 0.15) is 20.7 Å². The van der Waals surface area contributed by atoms with Gasteiger partial charge in [0.15, 0.2) is 0 Å². The van der Waals surface area contributed by atoms with E-state index in [1.807, 2.05) is 0 Å². The Balaban J connectivity index is 3.19. The Morgan fingerprint density at radius 1 is 1.23 bits per heavy atom. The molecule has 0 aliphatic heterocycles. The third-order valence-corrected chi connectivity index (χ3v) is 1.53. The van der Waals surface area contributed by atoms with Crippen molar-refractivity contribution in [3.05, 3.63) is 40.6 Å². The lowest BCUT2D eigenvalue weighted by Crippen LogP contribution is -2.22. The Morgan fingerprint density at radius 2 is 1.77 bits per heavy atom. The molecule has 1 aromatic carbocycles. The molecule has 1 aromatic rings. The van der Waals surface area contributed by atoms with Crippen molar-refractivity contribution in [1.82, 2.24) is 5.48 Å². The SMILES string of the molecule is NC(=O)c1ccccc1C(=O)N[O-]. The van der Waals surface area contributed by atoms with Gasteiger partial charge in [0.25, 0.3) is 0 Å². The van der Waals surface area contributed by atoms with Crippen molar-refractivity contribution in [3.63, 3.8) is 0 Å². The molecular formula is C8H7N2O3-. The third kappa shape index (κ3) is 1.83. The van der Waals surface area contributed by atoms with Gasteiger partial charge in [-0.05, 0) is 12.1 Å². The van der Waals surface area contributed by atoms with Crippen LogP contribution in [0.4, 0.5) is 0 Å². The normalized spacial score (nSPS) is 9.31. The van der Waals surface area contributed by atoms with Gasteiger partial charge in [-0.2, -0.15) is 0 Å². The quantitative estimate of drug-likeness (QED) is 0.626. The zero-order valence-corrected chi connectivity index (χ0v) is 6.61. The van der Waals surface area contributed by atoms with Crippen LogP contribution < -0.4 is 11.2 Å². The molecule has 0 saturated carbocycles. The molecular weight excluding hydrogens is 172 g/mol. The molecule has 0 heterocycles. The van der Waals surface area contributed by atoms with Gasteiger partial charge < -0.3 is 16.4 Å². The Hall–Kier alpha value is -1.88. The molecule has 0 aromatic heterocycles. The van der Waals surface area contributed by atoms with Gasteiger partial charge in [-0.15, -0.1) is 0 Å². The van der Waals surface area contributed by atoms with Crippen LogP contribution in [-0.4, -0.2) is 11.8 Å². The van der Waals surface area contributed by atoms with Crippen LogP contribution in [0.15, 0.2) is 24.3 Å². The van der Waals surface area contributed by atoms with Crippen LogP contribution in [-0.2, 0) is 0 Å². The zero-order valence-electron chi connectivity index (χ0n) is 6.61. The molecule has 1 rings (SSSR count). The van der Waals surface area contributed by atoms with Gasteiger partial charge in [0.1, 0.15) is 0 Å². The first-order valence-electron chi connectivity index (χ1n) is 3.48. The van der Waals surface area contributed by atoms with E-state index in [0.29, 0.717) is 0 Å². The Bertz CT molecular complexity index is 349. The molecule has 0 radical (unpaired) electrons. The lowest BCUT2D eigenvalue weighted by atomic mass is 10.1. The number of carbonyl (C=O) groups is 2. The fourth-order valence-corrected chi connectivity index (χ4v) is 0.951. The molecule has 0 spiro atoms. The highest BCUT2D eigenvalue weighted by Crippen LogP contribution is 2.07. The lowest BCUT2D eigenvalue weighted by molar-refractivity contribution is 0.0948. The van der Waals surface area contributed by atoms with Crippen LogP contribution in [0.3, 0.4) is 0 Å². The van der Waals surface area contributed by atoms with E-state index in [2.05, 4.69) is 0 Å². The molecule has 0 aliphatic rings. The fourth-order valence-electron chi connectivity index (χ4n) is 0.951. The first kappa shape index (κ1) is 9.21. The summed E-state index contributed by atoms with van der Waals surface area (Å²) < 4.78 is 0. The summed E-state index contributed by atoms with van der Waals surface area (Å²) in [6.07, 6.45) is 0. The van der Waals surface area contributed by atoms with Crippen molar-refractivity contribution in [1.29, 1.82) is 0 Å². The van der Waals surface area contributed by atoms with Gasteiger partial charge in [-0.1, -0.05) is 12.1 Å². The molecule has 0 unspecified atom stereocenters. The Morgan fingerprint density at radius 3 is 2.23 bits per heavy atom. The number of benzene rings is 1. The maximum atomic E-state index is 10.9. The second-order valence-electron chi connectivity index (χ2n) is 2.34. The second kappa shape index (κ2) is 3.68. The summed E-state index contributed by atoms with van der Waals surface area (Å²) in [6.45, 7) is 0. The van der Waals surface area contributed by atoms with E-state index in [1.54, 1.807) is 6.07 Å². The molecule has 2 amide bonds. The van der Waals surface area contributed by atoms with E-state index in [-0.39, 0.29) is 11.1 Å². The van der Waals surface area contributed by atoms with Crippen molar-refractivity contribution in [2.45, 2.75) is 0 Å². The lowest BCUT2D eigenvalue weighted by Gasteiger charge is -2.09. The van der Waals surface area contributed by atoms with Crippen LogP contribution >= 0.6 is 0 Å². The molecule has 0 bridgehead atoms. The smallest absolute Gasteiger partial charge is 0.249 e. The minimum atomic E-state index is -0.866. The number of carbonyl (C=O) groups excluding carboxylic acids is 2. The molecule has 13 heavy (non-hydrogen) atoms. The standard InChI is InChI=1S/C8H7N2O3/c9-7(11)5-3-1-2-4-6(5)8(12)10-13/h1-4H,(H3-,9,10,11,12,13)/q-1. The third-order valence-electron chi connectivity index (χ3n) is 1.53. The highest BCUT2D eigenvalue weighted by molar-refractivity contribution is 6.06. The predicted molar refractivity (Wildman–Crippen MR) is 45.8 cm³/mol. The molecule has 0 fully saturated rings. The number of amides is 2. The summed E-state index contributed by atoms with van der Waals surface area (Å²) in [5.41, 5.74) is 6.19. The van der Waals surface area contributed by atoms with Crippen LogP contribution in [0.25, 0.3) is 0 Å². The van der Waals surface area contributed by atoms with Crippen molar-refractivity contribution in [3.8, 4) is 0 Å². The van der Waals surface area contributed by atoms with E-state index in [0.717, 1.165) is 0 Å². The van der Waals surface area contributed by atoms with Gasteiger partial charge in [-0.3, -0.25) is 9.59 Å². The number of rotatable bonds is 2. The molecule has 0 saturated heterocycles. The number of hydrogen-bond donors (Lipinski definition) is 2. The number of primary amides is 1. The van der Waals surface area contributed by atoms with Crippen LogP contribution in [0.2, 0.25) is 0 Å². The van der Waals surface area contributed by atoms with Gasteiger partial charge in [0.05, 0.1) is 11.1 Å². The zero-order chi connectivity index (χ0) is 9.84. The summed E-state index contributed by atoms with van der Waals surface area (Å²) in [4.78, 5) is 21.7. The Labute approximate surface area is 74.1 Å². The van der Waals surface area contributed by atoms with E-state index < -0.39 is 11.8 Å². The summed E-state index contributed by atoms with van der Waals surface area (Å²) >= 11 is 0. The van der Waals surface area contributed by atoms with Crippen molar-refractivity contribution >= 4 is 11.8 Å². The Kier molecular flexibility index (Phi) is 2.61. The maximum absolute atomic E-state index is 10.9. The van der Waals surface area contributed by atoms with E-state index in [9.17, 15) is 14.8 Å². The number of nitrogens with one attached hydrogen (secondary N) is 1. The van der Waals surface area contributed by atoms with Gasteiger partial charge in [-0.25, -0.2) is 0 Å². The minimum Gasteiger partial charge on any atom is -0.759 e. The first-order chi connectivity index (χ1) is 6.16. The van der Waals surface area contributed by atoms with Crippen LogP contribution in [0, 0.1) is 5.21 Å². The summed E-state index contributed by atoms with van der Waals surface area (Å²) in [6, 6.07) is 5.83. The van der Waals surface area contributed by atoms with Gasteiger partial charge >= 0.3 is 0 Å². The average Bonchev–Trinajstić information content (AvgIpc) is 2.16. The molecule has 5 nitrogen and oxygen atoms in total. The molecule has 68 valence electrons. The largest absolute Gasteiger partial charge is 0.759 e. The molecule has 0 atom stereocenters. The number of hydroxylamine groups is 1. The van der Waals surface area contributed by atoms with Gasteiger partial charge in [0.2, 0.25) is 11.8 Å². The summed E-state index contributed by atoms with van der Waals surface area (Å²) in [5.74, 6) is -1.60. The topological polar surface area (TPSA) is 95.2 Å². The van der Waals surface area contributed by atoms with Gasteiger partial charge in [0, 0.05) is 0 Å². The first-order valence-corrected chi connectivity index (χ1v) is 3.48. The number of nitrogens with two attached hydrogens (primary N) is 1. The fraction of sp³-hybridized carbons (Fsp3) is 0. The van der Waals surface area contributed by atoms with E-state index >= 15 is 0 Å². The summed E-state index contributed by atoms with van der Waals surface area (Å²) in [5, 5.41) is 10.1. The van der Waals surface area contributed by atoms with Crippen molar-refractivity contribution in [2.75, 3.05) is 0 Å². The second-order valence-corrected chi connectivity index (χ2v) is 2.34. The summed E-state index contributed by atoms with van der Waals surface area (Å²) in [7, 11) is 0. The molecule has 5 heteroatoms. The van der Waals surface area contributed by atoms with E-state index in [1.165, 1.54) is 23.7 Å². The van der Waals surface area contributed by atoms with E-state index in [4.69, 9.17) is 5.73 Å². The van der Waals surface area contributed by atoms with Crippen molar-refractivity contribution < 1.29 is 9.59 Å². The molecule has 0 aliphatic carbocycles. The van der Waals surface area contributed by atoms with Crippen molar-refractivity contribution in [2.24, 2.45) is 5.73 Å². The monoisotopic (exact) mass is 179 g/mol. The molecule has 3 N–H and O–H groups in total.